The average molecular weight is 272 g/mol. The summed E-state index contributed by atoms with van der Waals surface area (Å²) in [5.41, 5.74) is 2.44. The Balaban J connectivity index is 1.69. The maximum Gasteiger partial charge on any atom is 0.0843 e. The van der Waals surface area contributed by atoms with Crippen LogP contribution in [0.2, 0.25) is 0 Å². The number of likely N-dealkylation sites (tertiary alicyclic amines) is 1. The van der Waals surface area contributed by atoms with Gasteiger partial charge in [-0.25, -0.2) is 0 Å². The highest BCUT2D eigenvalue weighted by Crippen LogP contribution is 2.20. The number of rotatable bonds is 4. The summed E-state index contributed by atoms with van der Waals surface area (Å²) in [6.45, 7) is 6.58. The first-order valence-corrected chi connectivity index (χ1v) is 7.64. The molecule has 1 fully saturated rings. The molecule has 1 aromatic carbocycles. The van der Waals surface area contributed by atoms with Gasteiger partial charge in [-0.05, 0) is 25.5 Å². The summed E-state index contributed by atoms with van der Waals surface area (Å²) in [5, 5.41) is 9.55. The highest BCUT2D eigenvalue weighted by molar-refractivity contribution is 5.81. The highest BCUT2D eigenvalue weighted by Gasteiger charge is 2.20. The second kappa shape index (κ2) is 5.94. The van der Waals surface area contributed by atoms with E-state index in [4.69, 9.17) is 5.10 Å². The van der Waals surface area contributed by atoms with Crippen LogP contribution in [0.15, 0.2) is 24.3 Å². The fourth-order valence-electron chi connectivity index (χ4n) is 3.20. The smallest absolute Gasteiger partial charge is 0.0843 e. The predicted octanol–water partition coefficient (Wildman–Crippen LogP) is 2.15. The van der Waals surface area contributed by atoms with Crippen molar-refractivity contribution in [2.45, 2.75) is 32.4 Å². The number of fused-ring (bicyclic) bond motifs is 1. The number of piperidine rings is 1. The minimum Gasteiger partial charge on any atom is -0.314 e. The standard InChI is InChI=1S/C16H24N4/c1-3-17-13-8-10-20(11-9-13)12-15-14-6-4-5-7-16(14)19(2)18-15/h4-7,13,17H,3,8-12H2,1-2H3. The topological polar surface area (TPSA) is 33.1 Å². The van der Waals surface area contributed by atoms with Crippen molar-refractivity contribution in [3.8, 4) is 0 Å². The van der Waals surface area contributed by atoms with Crippen molar-refractivity contribution in [2.75, 3.05) is 19.6 Å². The molecule has 1 aliphatic rings. The van der Waals surface area contributed by atoms with Crippen LogP contribution in [0.5, 0.6) is 0 Å². The number of hydrogen-bond acceptors (Lipinski definition) is 3. The van der Waals surface area contributed by atoms with Gasteiger partial charge in [0.05, 0.1) is 11.2 Å². The van der Waals surface area contributed by atoms with E-state index in [0.717, 1.165) is 13.1 Å². The SMILES string of the molecule is CCNC1CCN(Cc2nn(C)c3ccccc23)CC1. The maximum absolute atomic E-state index is 4.70. The number of benzene rings is 1. The molecule has 0 amide bonds. The lowest BCUT2D eigenvalue weighted by molar-refractivity contribution is 0.190. The largest absolute Gasteiger partial charge is 0.314 e. The third kappa shape index (κ3) is 2.72. The monoisotopic (exact) mass is 272 g/mol. The van der Waals surface area contributed by atoms with E-state index in [1.807, 2.05) is 11.7 Å². The van der Waals surface area contributed by atoms with Gasteiger partial charge in [0.1, 0.15) is 0 Å². The van der Waals surface area contributed by atoms with Crippen molar-refractivity contribution in [1.82, 2.24) is 20.0 Å². The van der Waals surface area contributed by atoms with Crippen LogP contribution in [0.1, 0.15) is 25.5 Å². The van der Waals surface area contributed by atoms with E-state index in [-0.39, 0.29) is 0 Å². The Morgan fingerprint density at radius 1 is 1.25 bits per heavy atom. The number of aromatic nitrogens is 2. The van der Waals surface area contributed by atoms with Gasteiger partial charge in [0, 0.05) is 38.1 Å². The van der Waals surface area contributed by atoms with E-state index in [0.29, 0.717) is 6.04 Å². The third-order valence-electron chi connectivity index (χ3n) is 4.29. The molecule has 1 aromatic heterocycles. The zero-order chi connectivity index (χ0) is 13.9. The van der Waals surface area contributed by atoms with E-state index in [1.54, 1.807) is 0 Å². The summed E-state index contributed by atoms with van der Waals surface area (Å²) in [6, 6.07) is 9.21. The predicted molar refractivity (Wildman–Crippen MR) is 82.7 cm³/mol. The first kappa shape index (κ1) is 13.6. The average Bonchev–Trinajstić information content (AvgIpc) is 2.79. The van der Waals surface area contributed by atoms with Crippen LogP contribution in [-0.4, -0.2) is 40.4 Å². The molecule has 20 heavy (non-hydrogen) atoms. The molecule has 0 aliphatic carbocycles. The van der Waals surface area contributed by atoms with Crippen molar-refractivity contribution in [2.24, 2.45) is 7.05 Å². The number of nitrogens with zero attached hydrogens (tertiary/aromatic N) is 3. The van der Waals surface area contributed by atoms with E-state index in [9.17, 15) is 0 Å². The minimum atomic E-state index is 0.705. The number of nitrogens with one attached hydrogen (secondary N) is 1. The minimum absolute atomic E-state index is 0.705. The van der Waals surface area contributed by atoms with Crippen molar-refractivity contribution in [3.05, 3.63) is 30.0 Å². The van der Waals surface area contributed by atoms with Gasteiger partial charge in [0.2, 0.25) is 0 Å². The summed E-state index contributed by atoms with van der Waals surface area (Å²) in [6.07, 6.45) is 2.50. The Hall–Kier alpha value is -1.39. The summed E-state index contributed by atoms with van der Waals surface area (Å²) in [7, 11) is 2.03. The van der Waals surface area contributed by atoms with E-state index < -0.39 is 0 Å². The van der Waals surface area contributed by atoms with Gasteiger partial charge >= 0.3 is 0 Å². The van der Waals surface area contributed by atoms with Crippen LogP contribution in [-0.2, 0) is 13.6 Å². The molecule has 0 atom stereocenters. The second-order valence-corrected chi connectivity index (χ2v) is 5.70. The van der Waals surface area contributed by atoms with Gasteiger partial charge in [0.25, 0.3) is 0 Å². The number of hydrogen-bond donors (Lipinski definition) is 1. The van der Waals surface area contributed by atoms with Gasteiger partial charge in [0.15, 0.2) is 0 Å². The lowest BCUT2D eigenvalue weighted by Gasteiger charge is -2.31. The summed E-state index contributed by atoms with van der Waals surface area (Å²) in [5.74, 6) is 0. The van der Waals surface area contributed by atoms with Gasteiger partial charge in [-0.15, -0.1) is 0 Å². The second-order valence-electron chi connectivity index (χ2n) is 5.70. The van der Waals surface area contributed by atoms with Gasteiger partial charge in [-0.2, -0.15) is 5.10 Å². The van der Waals surface area contributed by atoms with E-state index in [1.165, 1.54) is 42.5 Å². The molecule has 0 saturated carbocycles. The molecule has 1 aliphatic heterocycles. The van der Waals surface area contributed by atoms with Crippen LogP contribution in [0.4, 0.5) is 0 Å². The van der Waals surface area contributed by atoms with Crippen molar-refractivity contribution < 1.29 is 0 Å². The molecular weight excluding hydrogens is 248 g/mol. The lowest BCUT2D eigenvalue weighted by Crippen LogP contribution is -2.42. The third-order valence-corrected chi connectivity index (χ3v) is 4.29. The maximum atomic E-state index is 4.70. The molecule has 0 spiro atoms. The Labute approximate surface area is 120 Å². The Morgan fingerprint density at radius 3 is 2.75 bits per heavy atom. The highest BCUT2D eigenvalue weighted by atomic mass is 15.3. The fourth-order valence-corrected chi connectivity index (χ4v) is 3.20. The van der Waals surface area contributed by atoms with Crippen LogP contribution in [0.25, 0.3) is 10.9 Å². The summed E-state index contributed by atoms with van der Waals surface area (Å²) < 4.78 is 2.00. The molecule has 3 rings (SSSR count). The van der Waals surface area contributed by atoms with Crippen molar-refractivity contribution in [1.29, 1.82) is 0 Å². The molecule has 108 valence electrons. The van der Waals surface area contributed by atoms with Gasteiger partial charge in [-0.1, -0.05) is 25.1 Å². The first-order chi connectivity index (χ1) is 9.78. The first-order valence-electron chi connectivity index (χ1n) is 7.64. The zero-order valence-corrected chi connectivity index (χ0v) is 12.5. The van der Waals surface area contributed by atoms with Gasteiger partial charge in [-0.3, -0.25) is 9.58 Å². The molecule has 4 nitrogen and oxygen atoms in total. The molecule has 0 bridgehead atoms. The van der Waals surface area contributed by atoms with Crippen LogP contribution in [0, 0.1) is 0 Å². The molecular formula is C16H24N4. The summed E-state index contributed by atoms with van der Waals surface area (Å²) in [4.78, 5) is 2.53. The molecule has 0 unspecified atom stereocenters. The van der Waals surface area contributed by atoms with E-state index in [2.05, 4.69) is 41.4 Å². The Morgan fingerprint density at radius 2 is 2.00 bits per heavy atom. The quantitative estimate of drug-likeness (QED) is 0.926. The number of aryl methyl sites for hydroxylation is 1. The molecule has 1 saturated heterocycles. The number of para-hydroxylation sites is 1. The van der Waals surface area contributed by atoms with Crippen LogP contribution in [0.3, 0.4) is 0 Å². The van der Waals surface area contributed by atoms with Crippen LogP contribution >= 0.6 is 0 Å². The van der Waals surface area contributed by atoms with E-state index >= 15 is 0 Å². The normalized spacial score (nSPS) is 17.9. The molecule has 0 radical (unpaired) electrons. The zero-order valence-electron chi connectivity index (χ0n) is 12.5. The lowest BCUT2D eigenvalue weighted by atomic mass is 10.0. The van der Waals surface area contributed by atoms with Crippen LogP contribution < -0.4 is 5.32 Å². The fraction of sp³-hybridized carbons (Fsp3) is 0.562. The van der Waals surface area contributed by atoms with Crippen molar-refractivity contribution in [3.63, 3.8) is 0 Å². The summed E-state index contributed by atoms with van der Waals surface area (Å²) >= 11 is 0. The van der Waals surface area contributed by atoms with Crippen molar-refractivity contribution >= 4 is 10.9 Å². The molecule has 2 heterocycles. The molecule has 2 aromatic rings. The van der Waals surface area contributed by atoms with Gasteiger partial charge < -0.3 is 5.32 Å². The molecule has 4 heteroatoms. The Kier molecular flexibility index (Phi) is 4.03. The molecule has 1 N–H and O–H groups in total. The Bertz CT molecular complexity index is 567.